The quantitative estimate of drug-likeness (QED) is 0.699. The molecule has 5 nitrogen and oxygen atoms in total. The number of rotatable bonds is 5. The second-order valence-corrected chi connectivity index (χ2v) is 7.96. The Labute approximate surface area is 174 Å². The van der Waals surface area contributed by atoms with Crippen LogP contribution in [0.15, 0.2) is 42.5 Å². The van der Waals surface area contributed by atoms with Crippen molar-refractivity contribution in [2.45, 2.75) is 6.54 Å². The Kier molecular flexibility index (Phi) is 5.69. The van der Waals surface area contributed by atoms with E-state index in [0.29, 0.717) is 23.8 Å². The molecule has 0 saturated carbocycles. The smallest absolute Gasteiger partial charge is 0.299 e. The van der Waals surface area contributed by atoms with Gasteiger partial charge < -0.3 is 4.90 Å². The number of anilines is 1. The van der Waals surface area contributed by atoms with Crippen LogP contribution in [0.5, 0.6) is 0 Å². The number of nitrogens with zero attached hydrogens (tertiary/aromatic N) is 3. The number of amides is 1. The summed E-state index contributed by atoms with van der Waals surface area (Å²) in [6.07, 6.45) is 0. The highest BCUT2D eigenvalue weighted by atomic mass is 35.5. The number of hydrogen-bond donors (Lipinski definition) is 0. The van der Waals surface area contributed by atoms with Gasteiger partial charge in [-0.05, 0) is 17.7 Å². The topological polar surface area (TPSA) is 43.9 Å². The molecule has 0 aliphatic carbocycles. The molecule has 1 saturated heterocycles. The summed E-state index contributed by atoms with van der Waals surface area (Å²) < 4.78 is 0. The number of carbonyl (C=O) groups is 2. The van der Waals surface area contributed by atoms with Gasteiger partial charge in [0.2, 0.25) is 0 Å². The van der Waals surface area contributed by atoms with E-state index in [1.165, 1.54) is 10.5 Å². The van der Waals surface area contributed by atoms with Gasteiger partial charge in [0.25, 0.3) is 11.7 Å². The van der Waals surface area contributed by atoms with Gasteiger partial charge in [-0.1, -0.05) is 53.5 Å². The lowest BCUT2D eigenvalue weighted by molar-refractivity contribution is -0.114. The van der Waals surface area contributed by atoms with E-state index in [0.717, 1.165) is 32.7 Å². The molecule has 2 aromatic rings. The minimum Gasteiger partial charge on any atom is -0.302 e. The Morgan fingerprint density at radius 3 is 2.14 bits per heavy atom. The van der Waals surface area contributed by atoms with E-state index in [9.17, 15) is 9.59 Å². The third-order valence-corrected chi connectivity index (χ3v) is 5.99. The van der Waals surface area contributed by atoms with Crippen molar-refractivity contribution in [3.05, 3.63) is 63.6 Å². The number of piperazine rings is 1. The van der Waals surface area contributed by atoms with Crippen molar-refractivity contribution in [2.24, 2.45) is 0 Å². The van der Waals surface area contributed by atoms with Gasteiger partial charge in [-0.2, -0.15) is 0 Å². The summed E-state index contributed by atoms with van der Waals surface area (Å²) in [6.45, 7) is 5.89. The second kappa shape index (κ2) is 8.21. The highest BCUT2D eigenvalue weighted by molar-refractivity contribution is 6.57. The number of hydrogen-bond acceptors (Lipinski definition) is 4. The fourth-order valence-electron chi connectivity index (χ4n) is 3.82. The molecule has 2 aliphatic heterocycles. The molecule has 0 atom stereocenters. The molecule has 146 valence electrons. The average molecular weight is 418 g/mol. The largest absolute Gasteiger partial charge is 0.302 e. The first-order valence-corrected chi connectivity index (χ1v) is 10.1. The lowest BCUT2D eigenvalue weighted by atomic mass is 10.1. The van der Waals surface area contributed by atoms with Crippen LogP contribution in [0.2, 0.25) is 10.0 Å². The number of halogens is 2. The maximum absolute atomic E-state index is 12.4. The zero-order chi connectivity index (χ0) is 19.7. The number of fused-ring (bicyclic) bond motifs is 1. The summed E-state index contributed by atoms with van der Waals surface area (Å²) in [6, 6.07) is 13.6. The van der Waals surface area contributed by atoms with Gasteiger partial charge in [0, 0.05) is 45.8 Å². The molecule has 2 heterocycles. The predicted octanol–water partition coefficient (Wildman–Crippen LogP) is 3.34. The van der Waals surface area contributed by atoms with E-state index in [4.69, 9.17) is 23.2 Å². The minimum absolute atomic E-state index is 0.229. The van der Waals surface area contributed by atoms with E-state index in [-0.39, 0.29) is 10.6 Å². The summed E-state index contributed by atoms with van der Waals surface area (Å²) in [5, 5.41) is 0.654. The van der Waals surface area contributed by atoms with Gasteiger partial charge in [-0.25, -0.2) is 0 Å². The first kappa shape index (κ1) is 19.4. The summed E-state index contributed by atoms with van der Waals surface area (Å²) in [7, 11) is 0. The van der Waals surface area contributed by atoms with Crippen molar-refractivity contribution in [2.75, 3.05) is 44.2 Å². The van der Waals surface area contributed by atoms with Crippen LogP contribution in [0.1, 0.15) is 15.9 Å². The molecule has 0 aromatic heterocycles. The standard InChI is InChI=1S/C21H21Cl2N3O2/c22-16-6-7-17(23)19-18(16)20(27)21(28)26(19)13-12-24-8-10-25(11-9-24)14-15-4-2-1-3-5-15/h1-7H,8-14H2. The molecule has 2 aromatic carbocycles. The normalized spacial score (nSPS) is 18.0. The first-order chi connectivity index (χ1) is 13.5. The van der Waals surface area contributed by atoms with Gasteiger partial charge >= 0.3 is 0 Å². The van der Waals surface area contributed by atoms with E-state index < -0.39 is 11.7 Å². The molecule has 1 amide bonds. The van der Waals surface area contributed by atoms with Gasteiger partial charge in [0.15, 0.2) is 0 Å². The maximum atomic E-state index is 12.4. The summed E-state index contributed by atoms with van der Waals surface area (Å²) in [5.41, 5.74) is 2.00. The fraction of sp³-hybridized carbons (Fsp3) is 0.333. The van der Waals surface area contributed by atoms with Crippen LogP contribution >= 0.6 is 23.2 Å². The molecular weight excluding hydrogens is 397 g/mol. The molecule has 4 rings (SSSR count). The van der Waals surface area contributed by atoms with E-state index >= 15 is 0 Å². The van der Waals surface area contributed by atoms with Gasteiger partial charge in [-0.3, -0.25) is 19.4 Å². The first-order valence-electron chi connectivity index (χ1n) is 9.37. The van der Waals surface area contributed by atoms with Gasteiger partial charge in [0.1, 0.15) is 0 Å². The van der Waals surface area contributed by atoms with Crippen molar-refractivity contribution >= 4 is 40.6 Å². The summed E-state index contributed by atoms with van der Waals surface area (Å²) in [5.74, 6) is -1.12. The average Bonchev–Trinajstić information content (AvgIpc) is 2.97. The molecular formula is C21H21Cl2N3O2. The van der Waals surface area contributed by atoms with Crippen LogP contribution in [0.4, 0.5) is 5.69 Å². The van der Waals surface area contributed by atoms with Gasteiger partial charge in [-0.15, -0.1) is 0 Å². The maximum Gasteiger partial charge on any atom is 0.299 e. The molecule has 0 radical (unpaired) electrons. The Morgan fingerprint density at radius 1 is 0.786 bits per heavy atom. The Bertz CT molecular complexity index is 896. The minimum atomic E-state index is -0.574. The van der Waals surface area contributed by atoms with Crippen molar-refractivity contribution in [1.82, 2.24) is 9.80 Å². The van der Waals surface area contributed by atoms with Crippen molar-refractivity contribution in [1.29, 1.82) is 0 Å². The summed E-state index contributed by atoms with van der Waals surface area (Å²) in [4.78, 5) is 30.9. The van der Waals surface area contributed by atoms with Crippen LogP contribution in [-0.2, 0) is 11.3 Å². The van der Waals surface area contributed by atoms with E-state index in [2.05, 4.69) is 34.1 Å². The molecule has 1 fully saturated rings. The molecule has 0 N–H and O–H groups in total. The zero-order valence-electron chi connectivity index (χ0n) is 15.4. The van der Waals surface area contributed by atoms with E-state index in [1.54, 1.807) is 12.1 Å². The molecule has 2 aliphatic rings. The third-order valence-electron chi connectivity index (χ3n) is 5.37. The Hall–Kier alpha value is -1.92. The molecule has 0 unspecified atom stereocenters. The molecule has 0 bridgehead atoms. The van der Waals surface area contributed by atoms with Crippen LogP contribution in [0, 0.1) is 0 Å². The molecule has 7 heteroatoms. The number of benzene rings is 2. The highest BCUT2D eigenvalue weighted by Crippen LogP contribution is 2.39. The van der Waals surface area contributed by atoms with Crippen LogP contribution < -0.4 is 4.90 Å². The third kappa shape index (κ3) is 3.80. The number of ketones is 1. The predicted molar refractivity (Wildman–Crippen MR) is 111 cm³/mol. The summed E-state index contributed by atoms with van der Waals surface area (Å²) >= 11 is 12.4. The number of Topliss-reactive ketones (excluding diaryl/α,β-unsaturated/α-hetero) is 1. The lowest BCUT2D eigenvalue weighted by Gasteiger charge is -2.35. The SMILES string of the molecule is O=C1C(=O)N(CCN2CCN(Cc3ccccc3)CC2)c2c(Cl)ccc(Cl)c21. The highest BCUT2D eigenvalue weighted by Gasteiger charge is 2.39. The molecule has 0 spiro atoms. The lowest BCUT2D eigenvalue weighted by Crippen LogP contribution is -2.48. The Morgan fingerprint density at radius 2 is 1.43 bits per heavy atom. The van der Waals surface area contributed by atoms with Gasteiger partial charge in [0.05, 0.1) is 21.3 Å². The van der Waals surface area contributed by atoms with Crippen LogP contribution in [-0.4, -0.2) is 60.8 Å². The zero-order valence-corrected chi connectivity index (χ0v) is 16.9. The van der Waals surface area contributed by atoms with Crippen molar-refractivity contribution in [3.63, 3.8) is 0 Å². The van der Waals surface area contributed by atoms with Crippen LogP contribution in [0.3, 0.4) is 0 Å². The van der Waals surface area contributed by atoms with Crippen molar-refractivity contribution < 1.29 is 9.59 Å². The fourth-order valence-corrected chi connectivity index (χ4v) is 4.32. The monoisotopic (exact) mass is 417 g/mol. The Balaban J connectivity index is 1.35. The van der Waals surface area contributed by atoms with Crippen LogP contribution in [0.25, 0.3) is 0 Å². The number of carbonyl (C=O) groups excluding carboxylic acids is 2. The van der Waals surface area contributed by atoms with Crippen molar-refractivity contribution in [3.8, 4) is 0 Å². The second-order valence-electron chi connectivity index (χ2n) is 7.14. The van der Waals surface area contributed by atoms with E-state index in [1.807, 2.05) is 6.07 Å². The molecule has 28 heavy (non-hydrogen) atoms.